The SMILES string of the molecule is CC(C)(C)n1nnnc1C(c1ccncc1)N1CCN(c2cc3c(cc2F)c(=O)c(C(=O)O)cn3Cc2ccc(C(F)(F)F)cc2)CC1. The van der Waals surface area contributed by atoms with Gasteiger partial charge in [0.1, 0.15) is 11.4 Å². The molecule has 0 amide bonds. The van der Waals surface area contributed by atoms with Crippen molar-refractivity contribution in [3.63, 3.8) is 0 Å². The highest BCUT2D eigenvalue weighted by atomic mass is 19.4. The quantitative estimate of drug-likeness (QED) is 0.241. The minimum absolute atomic E-state index is 0.0514. The molecule has 0 bridgehead atoms. The van der Waals surface area contributed by atoms with E-state index in [9.17, 15) is 27.9 Å². The summed E-state index contributed by atoms with van der Waals surface area (Å²) in [6, 6.07) is 10.5. The molecule has 250 valence electrons. The number of hydrogen-bond acceptors (Lipinski definition) is 8. The maximum atomic E-state index is 15.8. The molecule has 1 aliphatic heterocycles. The van der Waals surface area contributed by atoms with Gasteiger partial charge in [-0.25, -0.2) is 13.9 Å². The van der Waals surface area contributed by atoms with E-state index in [2.05, 4.69) is 25.4 Å². The number of halogens is 4. The number of alkyl halides is 3. The Morgan fingerprint density at radius 2 is 1.65 bits per heavy atom. The molecule has 1 saturated heterocycles. The van der Waals surface area contributed by atoms with Crippen molar-refractivity contribution in [1.82, 2.24) is 34.7 Å². The molecule has 0 aliphatic carbocycles. The van der Waals surface area contributed by atoms with Crippen LogP contribution in [0.15, 0.2) is 71.9 Å². The number of fused-ring (bicyclic) bond motifs is 1. The van der Waals surface area contributed by atoms with Gasteiger partial charge >= 0.3 is 12.1 Å². The number of carboxylic acid groups (broad SMARTS) is 1. The van der Waals surface area contributed by atoms with Crippen LogP contribution in [0.4, 0.5) is 23.2 Å². The second-order valence-corrected chi connectivity index (χ2v) is 12.6. The Balaban J connectivity index is 1.33. The van der Waals surface area contributed by atoms with Crippen LogP contribution in [0.5, 0.6) is 0 Å². The number of aromatic nitrogens is 6. The first kappa shape index (κ1) is 32.7. The standard InChI is InChI=1S/C33H32F4N8O3/c1-32(2,3)45-30(39-40-41-45)28(21-8-10-38-11-9-21)43-14-12-42(13-15-43)27-17-26-23(16-25(27)34)29(46)24(31(47)48)19-44(26)18-20-4-6-22(7-5-20)33(35,36)37/h4-11,16-17,19,28H,12-15,18H2,1-3H3,(H,47,48). The van der Waals surface area contributed by atoms with E-state index in [0.717, 1.165) is 30.0 Å². The molecule has 6 rings (SSSR count). The Morgan fingerprint density at radius 1 is 0.979 bits per heavy atom. The predicted octanol–water partition coefficient (Wildman–Crippen LogP) is 4.95. The van der Waals surface area contributed by atoms with Crippen molar-refractivity contribution < 1.29 is 27.5 Å². The van der Waals surface area contributed by atoms with E-state index in [-0.39, 0.29) is 29.2 Å². The first-order chi connectivity index (χ1) is 22.7. The summed E-state index contributed by atoms with van der Waals surface area (Å²) < 4.78 is 58.4. The lowest BCUT2D eigenvalue weighted by Gasteiger charge is -2.40. The summed E-state index contributed by atoms with van der Waals surface area (Å²) in [7, 11) is 0. The van der Waals surface area contributed by atoms with Gasteiger partial charge in [0, 0.05) is 56.7 Å². The number of pyridine rings is 2. The van der Waals surface area contributed by atoms with Gasteiger partial charge in [-0.05, 0) is 78.7 Å². The molecule has 2 aromatic carbocycles. The zero-order chi connectivity index (χ0) is 34.4. The maximum Gasteiger partial charge on any atom is 0.416 e. The molecule has 1 unspecified atom stereocenters. The topological polar surface area (TPSA) is 122 Å². The van der Waals surface area contributed by atoms with Crippen molar-refractivity contribution in [2.45, 2.75) is 45.1 Å². The molecule has 0 saturated carbocycles. The third-order valence-electron chi connectivity index (χ3n) is 8.43. The fraction of sp³-hybridized carbons (Fsp3) is 0.333. The highest BCUT2D eigenvalue weighted by Crippen LogP contribution is 2.33. The number of aromatic carboxylic acids is 1. The number of carbonyl (C=O) groups is 1. The number of carboxylic acids is 1. The second-order valence-electron chi connectivity index (χ2n) is 12.6. The van der Waals surface area contributed by atoms with E-state index >= 15 is 4.39 Å². The molecule has 11 nitrogen and oxygen atoms in total. The van der Waals surface area contributed by atoms with E-state index in [1.54, 1.807) is 17.1 Å². The van der Waals surface area contributed by atoms with Crippen molar-refractivity contribution in [3.8, 4) is 0 Å². The number of tetrazole rings is 1. The van der Waals surface area contributed by atoms with Gasteiger partial charge in [-0.3, -0.25) is 14.7 Å². The van der Waals surface area contributed by atoms with Crippen LogP contribution in [-0.4, -0.2) is 71.9 Å². The van der Waals surface area contributed by atoms with Crippen LogP contribution in [0.3, 0.4) is 0 Å². The molecule has 4 heterocycles. The van der Waals surface area contributed by atoms with Crippen molar-refractivity contribution in [1.29, 1.82) is 0 Å². The molecule has 48 heavy (non-hydrogen) atoms. The minimum Gasteiger partial charge on any atom is -0.477 e. The summed E-state index contributed by atoms with van der Waals surface area (Å²) >= 11 is 0. The average Bonchev–Trinajstić information content (AvgIpc) is 3.53. The Morgan fingerprint density at radius 3 is 2.25 bits per heavy atom. The van der Waals surface area contributed by atoms with Gasteiger partial charge < -0.3 is 14.6 Å². The van der Waals surface area contributed by atoms with Crippen LogP contribution in [-0.2, 0) is 18.3 Å². The third kappa shape index (κ3) is 6.37. The van der Waals surface area contributed by atoms with Crippen molar-refractivity contribution in [3.05, 3.63) is 111 Å². The number of anilines is 1. The summed E-state index contributed by atoms with van der Waals surface area (Å²) in [5.74, 6) is -1.54. The largest absolute Gasteiger partial charge is 0.477 e. The molecular weight excluding hydrogens is 632 g/mol. The zero-order valence-electron chi connectivity index (χ0n) is 26.3. The lowest BCUT2D eigenvalue weighted by atomic mass is 10.0. The van der Waals surface area contributed by atoms with E-state index in [0.29, 0.717) is 37.6 Å². The summed E-state index contributed by atoms with van der Waals surface area (Å²) in [5, 5.41) is 22.1. The van der Waals surface area contributed by atoms with Gasteiger partial charge in [0.25, 0.3) is 0 Å². The lowest BCUT2D eigenvalue weighted by Crippen LogP contribution is -2.49. The number of nitrogens with zero attached hydrogens (tertiary/aromatic N) is 8. The summed E-state index contributed by atoms with van der Waals surface area (Å²) in [4.78, 5) is 33.2. The van der Waals surface area contributed by atoms with Gasteiger partial charge in [0.2, 0.25) is 5.43 Å². The lowest BCUT2D eigenvalue weighted by molar-refractivity contribution is -0.137. The smallest absolute Gasteiger partial charge is 0.416 e. The maximum absolute atomic E-state index is 15.8. The van der Waals surface area contributed by atoms with Crippen LogP contribution < -0.4 is 10.3 Å². The molecule has 1 N–H and O–H groups in total. The highest BCUT2D eigenvalue weighted by molar-refractivity contribution is 5.93. The van der Waals surface area contributed by atoms with Crippen LogP contribution in [0.1, 0.15) is 59.7 Å². The number of rotatable bonds is 7. The molecule has 5 aromatic rings. The van der Waals surface area contributed by atoms with E-state index in [1.807, 2.05) is 37.8 Å². The minimum atomic E-state index is -4.52. The van der Waals surface area contributed by atoms with Gasteiger partial charge in [0.15, 0.2) is 5.82 Å². The van der Waals surface area contributed by atoms with Gasteiger partial charge in [-0.1, -0.05) is 12.1 Å². The monoisotopic (exact) mass is 664 g/mol. The van der Waals surface area contributed by atoms with E-state index < -0.39 is 40.1 Å². The van der Waals surface area contributed by atoms with Gasteiger partial charge in [-0.15, -0.1) is 5.10 Å². The summed E-state index contributed by atoms with van der Waals surface area (Å²) in [6.45, 7) is 7.77. The van der Waals surface area contributed by atoms with Crippen LogP contribution in [0.2, 0.25) is 0 Å². The van der Waals surface area contributed by atoms with E-state index in [1.165, 1.54) is 22.8 Å². The molecule has 1 atom stereocenters. The summed E-state index contributed by atoms with van der Waals surface area (Å²) in [5.41, 5.74) is -0.805. The van der Waals surface area contributed by atoms with Crippen LogP contribution in [0, 0.1) is 5.82 Å². The fourth-order valence-corrected chi connectivity index (χ4v) is 6.05. The summed E-state index contributed by atoms with van der Waals surface area (Å²) in [6.07, 6.45) is 0.0283. The average molecular weight is 665 g/mol. The first-order valence-corrected chi connectivity index (χ1v) is 15.2. The zero-order valence-corrected chi connectivity index (χ0v) is 26.3. The number of benzene rings is 2. The molecular formula is C33H32F4N8O3. The third-order valence-corrected chi connectivity index (χ3v) is 8.43. The van der Waals surface area contributed by atoms with Gasteiger partial charge in [0.05, 0.1) is 28.3 Å². The number of piperazine rings is 1. The molecule has 15 heteroatoms. The molecule has 1 fully saturated rings. The molecule has 0 spiro atoms. The molecule has 0 radical (unpaired) electrons. The Bertz CT molecular complexity index is 2010. The van der Waals surface area contributed by atoms with E-state index in [4.69, 9.17) is 0 Å². The van der Waals surface area contributed by atoms with Crippen molar-refractivity contribution in [2.24, 2.45) is 0 Å². The van der Waals surface area contributed by atoms with Crippen LogP contribution >= 0.6 is 0 Å². The number of hydrogen-bond donors (Lipinski definition) is 1. The molecule has 3 aromatic heterocycles. The highest BCUT2D eigenvalue weighted by Gasteiger charge is 2.34. The first-order valence-electron chi connectivity index (χ1n) is 15.2. The van der Waals surface area contributed by atoms with Crippen LogP contribution in [0.25, 0.3) is 10.9 Å². The normalized spacial score (nSPS) is 15.2. The van der Waals surface area contributed by atoms with Crippen molar-refractivity contribution in [2.75, 3.05) is 31.1 Å². The van der Waals surface area contributed by atoms with Gasteiger partial charge in [-0.2, -0.15) is 13.2 Å². The van der Waals surface area contributed by atoms with Crippen molar-refractivity contribution >= 4 is 22.6 Å². The second kappa shape index (κ2) is 12.4. The predicted molar refractivity (Wildman–Crippen MR) is 168 cm³/mol. The fourth-order valence-electron chi connectivity index (χ4n) is 6.05. The Kier molecular flexibility index (Phi) is 8.49. The Labute approximate surface area is 272 Å². The Hall–Kier alpha value is -5.18. The molecule has 1 aliphatic rings.